The molecule has 0 aliphatic rings. The maximum Gasteiger partial charge on any atom is 0.223 e. The summed E-state index contributed by atoms with van der Waals surface area (Å²) in [7, 11) is 0. The van der Waals surface area contributed by atoms with Crippen molar-refractivity contribution in [2.75, 3.05) is 0 Å². The lowest BCUT2D eigenvalue weighted by Crippen LogP contribution is -2.16. The van der Waals surface area contributed by atoms with E-state index in [0.717, 1.165) is 11.3 Å². The molecule has 2 rings (SSSR count). The summed E-state index contributed by atoms with van der Waals surface area (Å²) in [4.78, 5) is 14.9. The van der Waals surface area contributed by atoms with Crippen LogP contribution >= 0.6 is 0 Å². The molecule has 18 heavy (non-hydrogen) atoms. The molecule has 2 N–H and O–H groups in total. The van der Waals surface area contributed by atoms with Gasteiger partial charge in [0.15, 0.2) is 0 Å². The van der Waals surface area contributed by atoms with Crippen molar-refractivity contribution in [2.24, 2.45) is 5.73 Å². The number of benzene rings is 1. The molecule has 2 aromatic rings. The Morgan fingerprint density at radius 1 is 1.39 bits per heavy atom. The first-order valence-corrected chi connectivity index (χ1v) is 5.45. The summed E-state index contributed by atoms with van der Waals surface area (Å²) in [5, 5.41) is 8.71. The fraction of sp³-hybridized carbons (Fsp3) is 0.154. The first-order valence-electron chi connectivity index (χ1n) is 5.45. The van der Waals surface area contributed by atoms with Gasteiger partial charge >= 0.3 is 0 Å². The smallest absolute Gasteiger partial charge is 0.223 e. The van der Waals surface area contributed by atoms with Crippen LogP contribution in [0.1, 0.15) is 16.8 Å². The van der Waals surface area contributed by atoms with Gasteiger partial charge in [-0.25, -0.2) is 4.98 Å². The second kappa shape index (κ2) is 5.15. The number of carbonyl (C=O) groups excluding carboxylic acids is 1. The number of aromatic nitrogens is 2. The van der Waals surface area contributed by atoms with Gasteiger partial charge in [0, 0.05) is 18.4 Å². The number of nitrogens with zero attached hydrogens (tertiary/aromatic N) is 3. The second-order valence-corrected chi connectivity index (χ2v) is 3.96. The molecule has 1 heterocycles. The molecule has 1 amide bonds. The Labute approximate surface area is 104 Å². The third-order valence-electron chi connectivity index (χ3n) is 2.59. The summed E-state index contributed by atoms with van der Waals surface area (Å²) in [6, 6.07) is 9.36. The van der Waals surface area contributed by atoms with Crippen LogP contribution in [0.3, 0.4) is 0 Å². The molecule has 0 atom stereocenters. The van der Waals surface area contributed by atoms with E-state index in [1.54, 1.807) is 24.7 Å². The summed E-state index contributed by atoms with van der Waals surface area (Å²) in [5.74, 6) is -0.378. The molecule has 0 fully saturated rings. The first kappa shape index (κ1) is 11.9. The number of carbonyl (C=O) groups is 1. The lowest BCUT2D eigenvalue weighted by molar-refractivity contribution is -0.117. The molecule has 1 aromatic carbocycles. The van der Waals surface area contributed by atoms with Gasteiger partial charge in [-0.05, 0) is 17.7 Å². The van der Waals surface area contributed by atoms with Crippen LogP contribution in [0.2, 0.25) is 0 Å². The maximum atomic E-state index is 10.9. The van der Waals surface area contributed by atoms with Crippen molar-refractivity contribution in [3.8, 4) is 6.07 Å². The fourth-order valence-corrected chi connectivity index (χ4v) is 1.70. The van der Waals surface area contributed by atoms with E-state index >= 15 is 0 Å². The molecule has 5 nitrogen and oxygen atoms in total. The highest BCUT2D eigenvalue weighted by atomic mass is 16.1. The van der Waals surface area contributed by atoms with E-state index in [1.165, 1.54) is 0 Å². The van der Waals surface area contributed by atoms with Gasteiger partial charge in [0.25, 0.3) is 0 Å². The normalized spacial score (nSPS) is 9.94. The summed E-state index contributed by atoms with van der Waals surface area (Å²) in [5.41, 5.74) is 7.62. The maximum absolute atomic E-state index is 10.9. The van der Waals surface area contributed by atoms with Crippen molar-refractivity contribution in [3.05, 3.63) is 53.6 Å². The molecule has 5 heteroatoms. The van der Waals surface area contributed by atoms with Crippen molar-refractivity contribution >= 4 is 5.91 Å². The molecule has 1 aromatic heterocycles. The Morgan fingerprint density at radius 2 is 2.11 bits per heavy atom. The van der Waals surface area contributed by atoms with Crippen molar-refractivity contribution < 1.29 is 4.79 Å². The van der Waals surface area contributed by atoms with E-state index < -0.39 is 0 Å². The number of rotatable bonds is 4. The summed E-state index contributed by atoms with van der Waals surface area (Å²) in [6.45, 7) is 0.605. The Bertz CT molecular complexity index is 592. The Hall–Kier alpha value is -2.61. The second-order valence-electron chi connectivity index (χ2n) is 3.96. The van der Waals surface area contributed by atoms with E-state index in [1.807, 2.05) is 16.7 Å². The van der Waals surface area contributed by atoms with Crippen LogP contribution < -0.4 is 5.73 Å². The van der Waals surface area contributed by atoms with Gasteiger partial charge < -0.3 is 10.3 Å². The Kier molecular flexibility index (Phi) is 3.39. The molecular formula is C13H12N4O. The standard InChI is InChI=1S/C13H12N4O/c14-6-10-1-3-11(4-2-10)8-17-9-16-7-12(17)5-13(15)18/h1-4,7,9H,5,8H2,(H2,15,18). The lowest BCUT2D eigenvalue weighted by atomic mass is 10.1. The van der Waals surface area contributed by atoms with Crippen LogP contribution in [0.4, 0.5) is 0 Å². The number of primary amides is 1. The topological polar surface area (TPSA) is 84.7 Å². The van der Waals surface area contributed by atoms with Crippen LogP contribution in [-0.4, -0.2) is 15.5 Å². The van der Waals surface area contributed by atoms with E-state index in [0.29, 0.717) is 12.1 Å². The highest BCUT2D eigenvalue weighted by Crippen LogP contribution is 2.08. The van der Waals surface area contributed by atoms with Crippen LogP contribution in [0.5, 0.6) is 0 Å². The van der Waals surface area contributed by atoms with Gasteiger partial charge in [-0.3, -0.25) is 4.79 Å². The summed E-state index contributed by atoms with van der Waals surface area (Å²) >= 11 is 0. The van der Waals surface area contributed by atoms with Gasteiger partial charge in [-0.2, -0.15) is 5.26 Å². The van der Waals surface area contributed by atoms with Crippen molar-refractivity contribution in [1.29, 1.82) is 5.26 Å². The van der Waals surface area contributed by atoms with E-state index in [-0.39, 0.29) is 12.3 Å². The third-order valence-corrected chi connectivity index (χ3v) is 2.59. The molecule has 0 aliphatic carbocycles. The van der Waals surface area contributed by atoms with Crippen LogP contribution in [0, 0.1) is 11.3 Å². The molecule has 0 radical (unpaired) electrons. The van der Waals surface area contributed by atoms with Crippen LogP contribution in [0.15, 0.2) is 36.8 Å². The highest BCUT2D eigenvalue weighted by molar-refractivity contribution is 5.76. The van der Waals surface area contributed by atoms with E-state index in [9.17, 15) is 4.79 Å². The minimum atomic E-state index is -0.378. The van der Waals surface area contributed by atoms with E-state index in [2.05, 4.69) is 11.1 Å². The van der Waals surface area contributed by atoms with Crippen LogP contribution in [-0.2, 0) is 17.8 Å². The molecular weight excluding hydrogens is 228 g/mol. The quantitative estimate of drug-likeness (QED) is 0.859. The lowest BCUT2D eigenvalue weighted by Gasteiger charge is -2.07. The zero-order valence-corrected chi connectivity index (χ0v) is 9.71. The minimum Gasteiger partial charge on any atom is -0.369 e. The highest BCUT2D eigenvalue weighted by Gasteiger charge is 2.05. The number of hydrogen-bond donors (Lipinski definition) is 1. The van der Waals surface area contributed by atoms with Gasteiger partial charge in [0.05, 0.1) is 24.4 Å². The predicted octanol–water partition coefficient (Wildman–Crippen LogP) is 0.831. The van der Waals surface area contributed by atoms with Crippen molar-refractivity contribution in [2.45, 2.75) is 13.0 Å². The SMILES string of the molecule is N#Cc1ccc(Cn2cncc2CC(N)=O)cc1. The average Bonchev–Trinajstić information content (AvgIpc) is 2.77. The number of nitriles is 1. The molecule has 0 aliphatic heterocycles. The van der Waals surface area contributed by atoms with Crippen LogP contribution in [0.25, 0.3) is 0 Å². The molecule has 0 unspecified atom stereocenters. The molecule has 0 spiro atoms. The molecule has 90 valence electrons. The predicted molar refractivity (Wildman–Crippen MR) is 65.4 cm³/mol. The zero-order valence-electron chi connectivity index (χ0n) is 9.71. The molecule has 0 bridgehead atoms. The van der Waals surface area contributed by atoms with Gasteiger partial charge in [0.2, 0.25) is 5.91 Å². The summed E-state index contributed by atoms with van der Waals surface area (Å²) < 4.78 is 1.87. The molecule has 0 saturated heterocycles. The van der Waals surface area contributed by atoms with Crippen molar-refractivity contribution in [3.63, 3.8) is 0 Å². The Balaban J connectivity index is 2.16. The third kappa shape index (κ3) is 2.74. The fourth-order valence-electron chi connectivity index (χ4n) is 1.70. The van der Waals surface area contributed by atoms with E-state index in [4.69, 9.17) is 11.0 Å². The number of imidazole rings is 1. The van der Waals surface area contributed by atoms with Gasteiger partial charge in [-0.15, -0.1) is 0 Å². The number of hydrogen-bond acceptors (Lipinski definition) is 3. The number of nitrogens with two attached hydrogens (primary N) is 1. The van der Waals surface area contributed by atoms with Crippen molar-refractivity contribution in [1.82, 2.24) is 9.55 Å². The largest absolute Gasteiger partial charge is 0.369 e. The molecule has 0 saturated carbocycles. The van der Waals surface area contributed by atoms with Gasteiger partial charge in [-0.1, -0.05) is 12.1 Å². The number of amides is 1. The zero-order chi connectivity index (χ0) is 13.0. The van der Waals surface area contributed by atoms with Gasteiger partial charge in [0.1, 0.15) is 0 Å². The average molecular weight is 240 g/mol. The first-order chi connectivity index (χ1) is 8.69. The Morgan fingerprint density at radius 3 is 2.72 bits per heavy atom. The minimum absolute atomic E-state index is 0.177. The monoisotopic (exact) mass is 240 g/mol. The summed E-state index contributed by atoms with van der Waals surface area (Å²) in [6.07, 6.45) is 3.47.